The Kier molecular flexibility index (Phi) is 6.32. The van der Waals surface area contributed by atoms with E-state index in [1.165, 1.54) is 23.5 Å². The molecule has 11 heteroatoms. The second-order valence-corrected chi connectivity index (χ2v) is 10.5. The number of nitrogens with zero attached hydrogens (tertiary/aromatic N) is 5. The number of tetrazole rings is 1. The third-order valence-corrected chi connectivity index (χ3v) is 9.02. The summed E-state index contributed by atoms with van der Waals surface area (Å²) in [6.07, 6.45) is -0.564. The molecule has 3 aromatic rings. The summed E-state index contributed by atoms with van der Waals surface area (Å²) in [7, 11) is 1.75. The van der Waals surface area contributed by atoms with Gasteiger partial charge in [-0.1, -0.05) is 72.4 Å². The van der Waals surface area contributed by atoms with Crippen LogP contribution >= 0.6 is 23.5 Å². The summed E-state index contributed by atoms with van der Waals surface area (Å²) in [6, 6.07) is 18.8. The lowest BCUT2D eigenvalue weighted by Crippen LogP contribution is -2.72. The van der Waals surface area contributed by atoms with Gasteiger partial charge in [-0.25, -0.2) is 4.68 Å². The van der Waals surface area contributed by atoms with Crippen molar-refractivity contribution in [2.45, 2.75) is 22.7 Å². The number of aryl methyl sites for hydroxylation is 1. The van der Waals surface area contributed by atoms with Crippen molar-refractivity contribution in [3.63, 3.8) is 0 Å². The molecule has 0 bridgehead atoms. The number of fused-ring (bicyclic) bond motifs is 1. The first kappa shape index (κ1) is 22.9. The molecule has 3 atom stereocenters. The van der Waals surface area contributed by atoms with Gasteiger partial charge >= 0.3 is 5.97 Å². The van der Waals surface area contributed by atoms with E-state index in [2.05, 4.69) is 15.5 Å². The number of carbonyl (C=O) groups is 2. The molecule has 2 unspecified atom stereocenters. The molecule has 0 aliphatic carbocycles. The van der Waals surface area contributed by atoms with E-state index in [0.717, 1.165) is 11.1 Å². The zero-order valence-electron chi connectivity index (χ0n) is 18.5. The van der Waals surface area contributed by atoms with E-state index in [1.807, 2.05) is 60.7 Å². The van der Waals surface area contributed by atoms with Gasteiger partial charge in [0.2, 0.25) is 11.1 Å². The highest BCUT2D eigenvalue weighted by atomic mass is 32.2. The van der Waals surface area contributed by atoms with Crippen LogP contribution < -0.4 is 5.73 Å². The van der Waals surface area contributed by atoms with Crippen molar-refractivity contribution >= 4 is 35.4 Å². The monoisotopic (exact) mass is 496 g/mol. The normalized spacial score (nSPS) is 24.0. The largest absolute Gasteiger partial charge is 0.452 e. The van der Waals surface area contributed by atoms with Gasteiger partial charge in [-0.15, -0.1) is 16.9 Å². The lowest BCUT2D eigenvalue weighted by Gasteiger charge is -2.53. The number of ether oxygens (including phenoxy) is 1. The van der Waals surface area contributed by atoms with Crippen LogP contribution in [-0.4, -0.2) is 66.4 Å². The molecule has 2 aromatic carbocycles. The van der Waals surface area contributed by atoms with Crippen molar-refractivity contribution in [2.24, 2.45) is 18.2 Å². The van der Waals surface area contributed by atoms with E-state index < -0.39 is 17.6 Å². The highest BCUT2D eigenvalue weighted by Crippen LogP contribution is 2.45. The van der Waals surface area contributed by atoms with E-state index in [9.17, 15) is 9.59 Å². The molecule has 34 heavy (non-hydrogen) atoms. The molecule has 1 amide bonds. The summed E-state index contributed by atoms with van der Waals surface area (Å²) in [6.45, 7) is 0.255. The van der Waals surface area contributed by atoms with Gasteiger partial charge in [-0.2, -0.15) is 0 Å². The van der Waals surface area contributed by atoms with Crippen LogP contribution in [0.25, 0.3) is 0 Å². The smallest absolute Gasteiger partial charge is 0.316 e. The van der Waals surface area contributed by atoms with Gasteiger partial charge in [0.1, 0.15) is 16.8 Å². The molecule has 1 aromatic heterocycles. The summed E-state index contributed by atoms with van der Waals surface area (Å²) in [5, 5.41) is 12.1. The number of benzene rings is 2. The van der Waals surface area contributed by atoms with E-state index >= 15 is 0 Å². The minimum Gasteiger partial charge on any atom is -0.452 e. The first-order chi connectivity index (χ1) is 16.5. The number of aromatic nitrogens is 4. The number of amides is 1. The predicted molar refractivity (Wildman–Crippen MR) is 129 cm³/mol. The average molecular weight is 497 g/mol. The predicted octanol–water partition coefficient (Wildman–Crippen LogP) is 1.86. The second-order valence-electron chi connectivity index (χ2n) is 8.45. The first-order valence-corrected chi connectivity index (χ1v) is 12.9. The van der Waals surface area contributed by atoms with E-state index in [1.54, 1.807) is 16.6 Å². The Bertz CT molecular complexity index is 1140. The molecule has 0 saturated carbocycles. The lowest BCUT2D eigenvalue weighted by molar-refractivity contribution is -0.163. The zero-order chi connectivity index (χ0) is 23.7. The second kappa shape index (κ2) is 9.40. The Morgan fingerprint density at radius 3 is 2.44 bits per heavy atom. The molecule has 176 valence electrons. The van der Waals surface area contributed by atoms with Crippen molar-refractivity contribution in [3.05, 3.63) is 71.8 Å². The maximum absolute atomic E-state index is 13.9. The van der Waals surface area contributed by atoms with Gasteiger partial charge < -0.3 is 15.4 Å². The maximum Gasteiger partial charge on any atom is 0.316 e. The van der Waals surface area contributed by atoms with Gasteiger partial charge in [0.15, 0.2) is 6.10 Å². The minimum absolute atomic E-state index is 0.103. The molecule has 9 nitrogen and oxygen atoms in total. The van der Waals surface area contributed by atoms with Crippen LogP contribution in [0.15, 0.2) is 65.8 Å². The Balaban J connectivity index is 1.44. The number of nitrogens with two attached hydrogens (primary N) is 1. The van der Waals surface area contributed by atoms with Crippen molar-refractivity contribution < 1.29 is 14.3 Å². The molecular weight excluding hydrogens is 472 g/mol. The molecule has 2 aliphatic heterocycles. The fourth-order valence-electron chi connectivity index (χ4n) is 4.16. The van der Waals surface area contributed by atoms with E-state index in [0.29, 0.717) is 16.7 Å². The number of hydrogen-bond donors (Lipinski definition) is 1. The van der Waals surface area contributed by atoms with Crippen LogP contribution in [0, 0.1) is 5.41 Å². The van der Waals surface area contributed by atoms with Gasteiger partial charge in [0, 0.05) is 25.1 Å². The fourth-order valence-corrected chi connectivity index (χ4v) is 6.81. The van der Waals surface area contributed by atoms with E-state index in [4.69, 9.17) is 10.5 Å². The minimum atomic E-state index is -0.935. The number of carbonyl (C=O) groups excluding carboxylic acids is 2. The molecule has 2 fully saturated rings. The van der Waals surface area contributed by atoms with Crippen LogP contribution in [0.5, 0.6) is 0 Å². The Morgan fingerprint density at radius 1 is 1.21 bits per heavy atom. The average Bonchev–Trinajstić information content (AvgIpc) is 3.30. The van der Waals surface area contributed by atoms with Gasteiger partial charge in [0.25, 0.3) is 0 Å². The standard InChI is InChI=1S/C23H24N6O3S2/c1-28-22(25-26-27-28)34-14-23(12-29-19(30)17(24)20(29)33-13-23)21(31)32-18(15-8-4-2-5-9-15)16-10-6-3-7-11-16/h2-11,17-18,20H,12-14,24H2,1H3/t17?,20-,23?/m1/s1. The topological polar surface area (TPSA) is 116 Å². The van der Waals surface area contributed by atoms with Gasteiger partial charge in [-0.05, 0) is 21.6 Å². The molecular formula is C23H24N6O3S2. The lowest BCUT2D eigenvalue weighted by atomic mass is 9.89. The Morgan fingerprint density at radius 2 is 1.85 bits per heavy atom. The van der Waals surface area contributed by atoms with Crippen molar-refractivity contribution in [1.82, 2.24) is 25.1 Å². The zero-order valence-corrected chi connectivity index (χ0v) is 20.1. The van der Waals surface area contributed by atoms with Crippen LogP contribution in [0.2, 0.25) is 0 Å². The van der Waals surface area contributed by atoms with Crippen LogP contribution in [-0.2, 0) is 21.4 Å². The Hall–Kier alpha value is -2.89. The SMILES string of the molecule is Cn1nnnc1SCC1(C(=O)OC(c2ccccc2)c2ccccc2)CS[C@@H]2C(N)C(=O)N2C1. The molecule has 2 N–H and O–H groups in total. The number of esters is 1. The Labute approximate surface area is 205 Å². The molecule has 3 heterocycles. The van der Waals surface area contributed by atoms with Crippen LogP contribution in [0.1, 0.15) is 17.2 Å². The van der Waals surface area contributed by atoms with Gasteiger partial charge in [0.05, 0.1) is 0 Å². The number of β-lactam (4-membered cyclic amide) rings is 1. The highest BCUT2D eigenvalue weighted by molar-refractivity contribution is 8.00. The van der Waals surface area contributed by atoms with Gasteiger partial charge in [-0.3, -0.25) is 9.59 Å². The summed E-state index contributed by atoms with van der Waals surface area (Å²) in [5.74, 6) is 0.367. The van der Waals surface area contributed by atoms with Crippen molar-refractivity contribution in [3.8, 4) is 0 Å². The first-order valence-electron chi connectivity index (χ1n) is 10.8. The summed E-state index contributed by atoms with van der Waals surface area (Å²) in [4.78, 5) is 28.1. The number of thioether (sulfide) groups is 2. The third-order valence-electron chi connectivity index (χ3n) is 6.11. The number of rotatable bonds is 7. The molecule has 0 spiro atoms. The quantitative estimate of drug-likeness (QED) is 0.297. The molecule has 0 radical (unpaired) electrons. The van der Waals surface area contributed by atoms with Crippen LogP contribution in [0.3, 0.4) is 0 Å². The molecule has 5 rings (SSSR count). The van der Waals surface area contributed by atoms with Crippen molar-refractivity contribution in [2.75, 3.05) is 18.1 Å². The van der Waals surface area contributed by atoms with Crippen LogP contribution in [0.4, 0.5) is 0 Å². The fraction of sp³-hybridized carbons (Fsp3) is 0.348. The highest BCUT2D eigenvalue weighted by Gasteiger charge is 2.56. The maximum atomic E-state index is 13.9. The number of hydrogen-bond acceptors (Lipinski definition) is 9. The van der Waals surface area contributed by atoms with Crippen molar-refractivity contribution in [1.29, 1.82) is 0 Å². The summed E-state index contributed by atoms with van der Waals surface area (Å²) < 4.78 is 7.80. The molecule has 2 saturated heterocycles. The van der Waals surface area contributed by atoms with E-state index in [-0.39, 0.29) is 23.8 Å². The third kappa shape index (κ3) is 4.19. The summed E-state index contributed by atoms with van der Waals surface area (Å²) >= 11 is 2.91. The molecule has 2 aliphatic rings. The summed E-state index contributed by atoms with van der Waals surface area (Å²) in [5.41, 5.74) is 6.81.